The van der Waals surface area contributed by atoms with Crippen LogP contribution in [0.15, 0.2) is 53.9 Å². The van der Waals surface area contributed by atoms with Gasteiger partial charge in [-0.1, -0.05) is 30.3 Å². The van der Waals surface area contributed by atoms with Crippen molar-refractivity contribution in [2.45, 2.75) is 25.8 Å². The van der Waals surface area contributed by atoms with Crippen LogP contribution >= 0.6 is 11.3 Å². The number of alkyl halides is 3. The molecule has 1 aliphatic rings. The number of rotatable bonds is 7. The van der Waals surface area contributed by atoms with Gasteiger partial charge in [-0.2, -0.15) is 13.2 Å². The molecule has 1 fully saturated rings. The van der Waals surface area contributed by atoms with Crippen molar-refractivity contribution in [1.29, 1.82) is 0 Å². The highest BCUT2D eigenvalue weighted by Crippen LogP contribution is 2.30. The van der Waals surface area contributed by atoms with Gasteiger partial charge in [-0.15, -0.1) is 11.3 Å². The number of carbonyl (C=O) groups excluding carboxylic acids is 1. The number of halogens is 4. The summed E-state index contributed by atoms with van der Waals surface area (Å²) in [6.07, 6.45) is -4.43. The number of nitrogens with zero attached hydrogens (tertiary/aromatic N) is 3. The number of ether oxygens (including phenoxy) is 1. The maximum atomic E-state index is 13.3. The van der Waals surface area contributed by atoms with Gasteiger partial charge in [0.25, 0.3) is 5.91 Å². The summed E-state index contributed by atoms with van der Waals surface area (Å²) in [5, 5.41) is 2.37. The van der Waals surface area contributed by atoms with Gasteiger partial charge in [0, 0.05) is 31.6 Å². The van der Waals surface area contributed by atoms with Crippen molar-refractivity contribution in [3.05, 3.63) is 87.1 Å². The van der Waals surface area contributed by atoms with Crippen LogP contribution in [0.1, 0.15) is 32.2 Å². The molecule has 180 valence electrons. The normalized spacial score (nSPS) is 14.6. The number of amides is 1. The fourth-order valence-corrected chi connectivity index (χ4v) is 4.53. The Kier molecular flexibility index (Phi) is 7.60. The number of morpholine rings is 1. The highest BCUT2D eigenvalue weighted by atomic mass is 32.1. The minimum atomic E-state index is -4.43. The lowest BCUT2D eigenvalue weighted by atomic mass is 10.1. The summed E-state index contributed by atoms with van der Waals surface area (Å²) in [5.74, 6) is -0.520. The predicted molar refractivity (Wildman–Crippen MR) is 120 cm³/mol. The Morgan fingerprint density at radius 1 is 1.03 bits per heavy atom. The molecule has 3 aromatic rings. The van der Waals surface area contributed by atoms with Gasteiger partial charge in [-0.3, -0.25) is 9.69 Å². The largest absolute Gasteiger partial charge is 0.416 e. The molecule has 0 N–H and O–H groups in total. The van der Waals surface area contributed by atoms with Gasteiger partial charge in [-0.05, 0) is 29.3 Å². The first-order valence-corrected chi connectivity index (χ1v) is 11.6. The Bertz CT molecular complexity index is 1110. The lowest BCUT2D eigenvalue weighted by Gasteiger charge is -2.26. The molecule has 0 spiro atoms. The summed E-state index contributed by atoms with van der Waals surface area (Å²) in [5.41, 5.74) is 0.953. The molecule has 10 heteroatoms. The Labute approximate surface area is 198 Å². The van der Waals surface area contributed by atoms with Crippen LogP contribution in [0.4, 0.5) is 17.6 Å². The average Bonchev–Trinajstić information content (AvgIpc) is 3.28. The van der Waals surface area contributed by atoms with Crippen LogP contribution in [0, 0.1) is 5.82 Å². The summed E-state index contributed by atoms with van der Waals surface area (Å²) in [6.45, 7) is 2.94. The van der Waals surface area contributed by atoms with Gasteiger partial charge < -0.3 is 9.64 Å². The highest BCUT2D eigenvalue weighted by Gasteiger charge is 2.30. The lowest BCUT2D eigenvalue weighted by molar-refractivity contribution is -0.137. The van der Waals surface area contributed by atoms with Crippen LogP contribution in [0.25, 0.3) is 0 Å². The number of benzene rings is 2. The molecule has 0 atom stereocenters. The van der Waals surface area contributed by atoms with Crippen LogP contribution < -0.4 is 0 Å². The molecular weight excluding hydrogens is 470 g/mol. The third-order valence-corrected chi connectivity index (χ3v) is 6.24. The van der Waals surface area contributed by atoms with E-state index in [0.717, 1.165) is 17.7 Å². The van der Waals surface area contributed by atoms with Gasteiger partial charge >= 0.3 is 6.18 Å². The average molecular weight is 494 g/mol. The smallest absolute Gasteiger partial charge is 0.378 e. The van der Waals surface area contributed by atoms with E-state index in [1.54, 1.807) is 28.5 Å². The van der Waals surface area contributed by atoms with Crippen LogP contribution in [-0.2, 0) is 30.5 Å². The molecule has 2 heterocycles. The zero-order valence-corrected chi connectivity index (χ0v) is 19.0. The molecule has 0 aliphatic carbocycles. The second-order valence-corrected chi connectivity index (χ2v) is 8.94. The van der Waals surface area contributed by atoms with E-state index in [1.807, 2.05) is 4.90 Å². The zero-order chi connectivity index (χ0) is 24.1. The van der Waals surface area contributed by atoms with Crippen molar-refractivity contribution < 1.29 is 27.1 Å². The molecule has 34 heavy (non-hydrogen) atoms. The Morgan fingerprint density at radius 2 is 1.74 bits per heavy atom. The van der Waals surface area contributed by atoms with Gasteiger partial charge in [0.1, 0.15) is 16.5 Å². The van der Waals surface area contributed by atoms with Crippen molar-refractivity contribution in [3.63, 3.8) is 0 Å². The first-order valence-electron chi connectivity index (χ1n) is 10.7. The van der Waals surface area contributed by atoms with Gasteiger partial charge in [0.05, 0.1) is 25.3 Å². The van der Waals surface area contributed by atoms with Gasteiger partial charge in [0.15, 0.2) is 0 Å². The molecule has 4 rings (SSSR count). The Hall–Kier alpha value is -2.82. The molecule has 2 aromatic carbocycles. The zero-order valence-electron chi connectivity index (χ0n) is 18.2. The number of hydrogen-bond acceptors (Lipinski definition) is 5. The monoisotopic (exact) mass is 493 g/mol. The van der Waals surface area contributed by atoms with E-state index < -0.39 is 11.7 Å². The van der Waals surface area contributed by atoms with Gasteiger partial charge in [-0.25, -0.2) is 9.37 Å². The molecule has 1 amide bonds. The maximum absolute atomic E-state index is 13.3. The molecule has 1 saturated heterocycles. The standard InChI is InChI=1S/C24H23F4N3O2S/c25-20-6-4-17(5-7-20)13-30(14-18-2-1-3-19(12-18)24(26,27)28)15-22-29-21(16-34-22)23(32)31-8-10-33-11-9-31/h1-7,12,16H,8-11,13-15H2. The first-order chi connectivity index (χ1) is 16.3. The molecule has 0 saturated carbocycles. The van der Waals surface area contributed by atoms with Crippen molar-refractivity contribution >= 4 is 17.2 Å². The Morgan fingerprint density at radius 3 is 2.44 bits per heavy atom. The van der Waals surface area contributed by atoms with E-state index in [0.29, 0.717) is 55.7 Å². The molecule has 0 radical (unpaired) electrons. The summed E-state index contributed by atoms with van der Waals surface area (Å²) in [7, 11) is 0. The van der Waals surface area contributed by atoms with Crippen molar-refractivity contribution in [2.75, 3.05) is 26.3 Å². The van der Waals surface area contributed by atoms with Crippen LogP contribution in [0.3, 0.4) is 0 Å². The summed E-state index contributed by atoms with van der Waals surface area (Å²) in [6, 6.07) is 11.2. The summed E-state index contributed by atoms with van der Waals surface area (Å²) in [4.78, 5) is 20.8. The first kappa shape index (κ1) is 24.3. The molecule has 5 nitrogen and oxygen atoms in total. The lowest BCUT2D eigenvalue weighted by Crippen LogP contribution is -2.40. The number of carbonyl (C=O) groups is 1. The van der Waals surface area contributed by atoms with E-state index >= 15 is 0 Å². The molecule has 1 aromatic heterocycles. The topological polar surface area (TPSA) is 45.7 Å². The summed E-state index contributed by atoms with van der Waals surface area (Å²) >= 11 is 1.33. The van der Waals surface area contributed by atoms with E-state index in [2.05, 4.69) is 4.98 Å². The molecular formula is C24H23F4N3O2S. The molecule has 0 unspecified atom stereocenters. The van der Waals surface area contributed by atoms with Crippen molar-refractivity contribution in [3.8, 4) is 0 Å². The third kappa shape index (κ3) is 6.40. The number of hydrogen-bond donors (Lipinski definition) is 0. The Balaban J connectivity index is 1.52. The van der Waals surface area contributed by atoms with E-state index in [-0.39, 0.29) is 18.3 Å². The molecule has 0 bridgehead atoms. The minimum absolute atomic E-state index is 0.159. The fourth-order valence-electron chi connectivity index (χ4n) is 3.72. The fraction of sp³-hybridized carbons (Fsp3) is 0.333. The summed E-state index contributed by atoms with van der Waals surface area (Å²) < 4.78 is 58.1. The minimum Gasteiger partial charge on any atom is -0.378 e. The number of aromatic nitrogens is 1. The highest BCUT2D eigenvalue weighted by molar-refractivity contribution is 7.09. The quantitative estimate of drug-likeness (QED) is 0.436. The van der Waals surface area contributed by atoms with Crippen molar-refractivity contribution in [2.24, 2.45) is 0 Å². The van der Waals surface area contributed by atoms with Crippen LogP contribution in [0.5, 0.6) is 0 Å². The van der Waals surface area contributed by atoms with Gasteiger partial charge in [0.2, 0.25) is 0 Å². The molecule has 1 aliphatic heterocycles. The van der Waals surface area contributed by atoms with Crippen LogP contribution in [0.2, 0.25) is 0 Å². The van der Waals surface area contributed by atoms with Crippen molar-refractivity contribution in [1.82, 2.24) is 14.8 Å². The predicted octanol–water partition coefficient (Wildman–Crippen LogP) is 4.98. The van der Waals surface area contributed by atoms with Crippen LogP contribution in [-0.4, -0.2) is 47.0 Å². The maximum Gasteiger partial charge on any atom is 0.416 e. The third-order valence-electron chi connectivity index (χ3n) is 5.41. The second-order valence-electron chi connectivity index (χ2n) is 8.00. The van der Waals surface area contributed by atoms with E-state index in [4.69, 9.17) is 4.74 Å². The SMILES string of the molecule is O=C(c1csc(CN(Cc2ccc(F)cc2)Cc2cccc(C(F)(F)F)c2)n1)N1CCOCC1. The van der Waals surface area contributed by atoms with E-state index in [9.17, 15) is 22.4 Å². The number of thiazole rings is 1. The van der Waals surface area contributed by atoms with E-state index in [1.165, 1.54) is 29.5 Å². The second kappa shape index (κ2) is 10.6.